The van der Waals surface area contributed by atoms with Gasteiger partial charge in [-0.15, -0.1) is 0 Å². The van der Waals surface area contributed by atoms with Crippen LogP contribution in [0, 0.1) is 13.8 Å². The third-order valence-electron chi connectivity index (χ3n) is 3.88. The molecule has 1 N–H and O–H groups in total. The summed E-state index contributed by atoms with van der Waals surface area (Å²) in [7, 11) is 1.49. The first kappa shape index (κ1) is 18.5. The fourth-order valence-electron chi connectivity index (χ4n) is 2.42. The molecule has 0 aliphatic heterocycles. The van der Waals surface area contributed by atoms with E-state index in [2.05, 4.69) is 5.32 Å². The van der Waals surface area contributed by atoms with Crippen LogP contribution in [0.2, 0.25) is 0 Å². The highest BCUT2D eigenvalue weighted by Crippen LogP contribution is 2.29. The van der Waals surface area contributed by atoms with E-state index in [9.17, 15) is 9.59 Å². The molecule has 1 amide bonds. The fraction of sp³-hybridized carbons (Fsp3) is 0.300. The van der Waals surface area contributed by atoms with Gasteiger partial charge in [-0.1, -0.05) is 17.7 Å². The van der Waals surface area contributed by atoms with E-state index in [0.29, 0.717) is 17.1 Å². The van der Waals surface area contributed by atoms with Crippen LogP contribution in [0.1, 0.15) is 35.3 Å². The van der Waals surface area contributed by atoms with Gasteiger partial charge in [0.1, 0.15) is 0 Å². The standard InChI is InChI=1S/C20H23NO4/c1-12-6-8-17(13(2)10-12)21-20(23)15(4)25-18-9-7-16(14(3)22)11-19(18)24-5/h6-11,15H,1-5H3,(H,21,23)/t15-/m0/s1. The molecule has 2 aromatic carbocycles. The molecule has 0 saturated carbocycles. The van der Waals surface area contributed by atoms with Gasteiger partial charge in [0.05, 0.1) is 7.11 Å². The molecule has 0 unspecified atom stereocenters. The number of rotatable bonds is 6. The zero-order valence-electron chi connectivity index (χ0n) is 15.2. The normalized spacial score (nSPS) is 11.6. The van der Waals surface area contributed by atoms with Gasteiger partial charge in [0, 0.05) is 11.3 Å². The maximum Gasteiger partial charge on any atom is 0.265 e. The first-order chi connectivity index (χ1) is 11.8. The zero-order valence-corrected chi connectivity index (χ0v) is 15.2. The molecule has 0 spiro atoms. The molecule has 1 atom stereocenters. The lowest BCUT2D eigenvalue weighted by Crippen LogP contribution is -2.30. The minimum Gasteiger partial charge on any atom is -0.493 e. The summed E-state index contributed by atoms with van der Waals surface area (Å²) in [4.78, 5) is 23.9. The second kappa shape index (κ2) is 7.83. The molecular weight excluding hydrogens is 318 g/mol. The van der Waals surface area contributed by atoms with Gasteiger partial charge in [-0.3, -0.25) is 9.59 Å². The van der Waals surface area contributed by atoms with Crippen molar-refractivity contribution in [2.24, 2.45) is 0 Å². The first-order valence-electron chi connectivity index (χ1n) is 8.05. The van der Waals surface area contributed by atoms with Crippen molar-refractivity contribution >= 4 is 17.4 Å². The van der Waals surface area contributed by atoms with Crippen molar-refractivity contribution in [1.29, 1.82) is 0 Å². The summed E-state index contributed by atoms with van der Waals surface area (Å²) in [6.45, 7) is 7.09. The molecule has 25 heavy (non-hydrogen) atoms. The van der Waals surface area contributed by atoms with Crippen molar-refractivity contribution in [3.63, 3.8) is 0 Å². The highest BCUT2D eigenvalue weighted by Gasteiger charge is 2.18. The molecule has 0 heterocycles. The number of ether oxygens (including phenoxy) is 2. The summed E-state index contributed by atoms with van der Waals surface area (Å²) < 4.78 is 11.0. The largest absolute Gasteiger partial charge is 0.493 e. The number of aryl methyl sites for hydroxylation is 2. The summed E-state index contributed by atoms with van der Waals surface area (Å²) in [6, 6.07) is 10.7. The average molecular weight is 341 g/mol. The second-order valence-corrected chi connectivity index (χ2v) is 5.99. The first-order valence-corrected chi connectivity index (χ1v) is 8.05. The van der Waals surface area contributed by atoms with Crippen molar-refractivity contribution in [3.05, 3.63) is 53.1 Å². The van der Waals surface area contributed by atoms with E-state index in [1.54, 1.807) is 25.1 Å². The number of ketones is 1. The lowest BCUT2D eigenvalue weighted by Gasteiger charge is -2.18. The number of carbonyl (C=O) groups is 2. The Morgan fingerprint density at radius 1 is 1.04 bits per heavy atom. The van der Waals surface area contributed by atoms with Crippen molar-refractivity contribution in [2.45, 2.75) is 33.8 Å². The molecule has 2 aromatic rings. The maximum atomic E-state index is 12.4. The summed E-state index contributed by atoms with van der Waals surface area (Å²) in [5, 5.41) is 2.87. The Morgan fingerprint density at radius 2 is 1.76 bits per heavy atom. The van der Waals surface area contributed by atoms with Crippen molar-refractivity contribution in [3.8, 4) is 11.5 Å². The number of Topliss-reactive ketones (excluding diaryl/α,β-unsaturated/α-hetero) is 1. The predicted molar refractivity (Wildman–Crippen MR) is 97.6 cm³/mol. The van der Waals surface area contributed by atoms with Gasteiger partial charge in [0.25, 0.3) is 5.91 Å². The van der Waals surface area contributed by atoms with E-state index in [1.807, 2.05) is 32.0 Å². The molecule has 2 rings (SSSR count). The molecule has 5 nitrogen and oxygen atoms in total. The lowest BCUT2D eigenvalue weighted by atomic mass is 10.1. The Balaban J connectivity index is 2.11. The molecule has 0 saturated heterocycles. The molecular formula is C20H23NO4. The van der Waals surface area contributed by atoms with E-state index >= 15 is 0 Å². The van der Waals surface area contributed by atoms with Crippen LogP contribution in [0.25, 0.3) is 0 Å². The Bertz CT molecular complexity index is 798. The minimum absolute atomic E-state index is 0.0644. The lowest BCUT2D eigenvalue weighted by molar-refractivity contribution is -0.122. The molecule has 0 aromatic heterocycles. The molecule has 0 aliphatic carbocycles. The van der Waals surface area contributed by atoms with E-state index in [-0.39, 0.29) is 11.7 Å². The van der Waals surface area contributed by atoms with Crippen LogP contribution >= 0.6 is 0 Å². The monoisotopic (exact) mass is 341 g/mol. The summed E-state index contributed by atoms with van der Waals surface area (Å²) in [5.41, 5.74) is 3.40. The Hall–Kier alpha value is -2.82. The molecule has 0 aliphatic rings. The van der Waals surface area contributed by atoms with Gasteiger partial charge in [0.2, 0.25) is 0 Å². The van der Waals surface area contributed by atoms with Crippen LogP contribution < -0.4 is 14.8 Å². The Labute approximate surface area is 148 Å². The molecule has 0 fully saturated rings. The number of benzene rings is 2. The Kier molecular flexibility index (Phi) is 5.80. The van der Waals surface area contributed by atoms with E-state index in [0.717, 1.165) is 16.8 Å². The average Bonchev–Trinajstić information content (AvgIpc) is 2.57. The number of anilines is 1. The second-order valence-electron chi connectivity index (χ2n) is 5.99. The van der Waals surface area contributed by atoms with Gasteiger partial charge >= 0.3 is 0 Å². The molecule has 0 bridgehead atoms. The number of nitrogens with one attached hydrogen (secondary N) is 1. The van der Waals surface area contributed by atoms with Crippen LogP contribution in [-0.2, 0) is 4.79 Å². The van der Waals surface area contributed by atoms with Gasteiger partial charge < -0.3 is 14.8 Å². The summed E-state index contributed by atoms with van der Waals surface area (Å²) >= 11 is 0. The van der Waals surface area contributed by atoms with Crippen molar-refractivity contribution < 1.29 is 19.1 Å². The van der Waals surface area contributed by atoms with Crippen LogP contribution in [0.15, 0.2) is 36.4 Å². The van der Waals surface area contributed by atoms with Gasteiger partial charge in [-0.25, -0.2) is 0 Å². The quantitative estimate of drug-likeness (QED) is 0.809. The van der Waals surface area contributed by atoms with Crippen LogP contribution in [0.5, 0.6) is 11.5 Å². The third-order valence-corrected chi connectivity index (χ3v) is 3.88. The van der Waals surface area contributed by atoms with Gasteiger partial charge in [-0.05, 0) is 57.5 Å². The number of methoxy groups -OCH3 is 1. The topological polar surface area (TPSA) is 64.6 Å². The van der Waals surface area contributed by atoms with Crippen LogP contribution in [0.3, 0.4) is 0 Å². The zero-order chi connectivity index (χ0) is 18.6. The summed E-state index contributed by atoms with van der Waals surface area (Å²) in [6.07, 6.45) is -0.724. The van der Waals surface area contributed by atoms with Crippen molar-refractivity contribution in [1.82, 2.24) is 0 Å². The Morgan fingerprint density at radius 3 is 2.36 bits per heavy atom. The highest BCUT2D eigenvalue weighted by molar-refractivity contribution is 5.95. The van der Waals surface area contributed by atoms with Crippen LogP contribution in [-0.4, -0.2) is 24.9 Å². The minimum atomic E-state index is -0.724. The highest BCUT2D eigenvalue weighted by atomic mass is 16.5. The predicted octanol–water partition coefficient (Wildman–Crippen LogP) is 3.92. The van der Waals surface area contributed by atoms with Gasteiger partial charge in [-0.2, -0.15) is 0 Å². The number of amides is 1. The maximum absolute atomic E-state index is 12.4. The number of carbonyl (C=O) groups excluding carboxylic acids is 2. The van der Waals surface area contributed by atoms with Crippen molar-refractivity contribution in [2.75, 3.05) is 12.4 Å². The SMILES string of the molecule is COc1cc(C(C)=O)ccc1O[C@@H](C)C(=O)Nc1ccc(C)cc1C. The number of hydrogen-bond acceptors (Lipinski definition) is 4. The van der Waals surface area contributed by atoms with Crippen LogP contribution in [0.4, 0.5) is 5.69 Å². The summed E-state index contributed by atoms with van der Waals surface area (Å²) in [5.74, 6) is 0.504. The molecule has 5 heteroatoms. The molecule has 0 radical (unpaired) electrons. The molecule has 132 valence electrons. The van der Waals surface area contributed by atoms with E-state index in [1.165, 1.54) is 14.0 Å². The number of hydrogen-bond donors (Lipinski definition) is 1. The smallest absolute Gasteiger partial charge is 0.265 e. The fourth-order valence-corrected chi connectivity index (χ4v) is 2.42. The van der Waals surface area contributed by atoms with Gasteiger partial charge in [0.15, 0.2) is 23.4 Å². The van der Waals surface area contributed by atoms with E-state index in [4.69, 9.17) is 9.47 Å². The third kappa shape index (κ3) is 4.59. The van der Waals surface area contributed by atoms with E-state index < -0.39 is 6.10 Å².